The molecule has 1 aromatic heterocycles. The molecule has 0 radical (unpaired) electrons. The van der Waals surface area contributed by atoms with E-state index in [4.69, 9.17) is 18.6 Å². The van der Waals surface area contributed by atoms with E-state index in [1.807, 2.05) is 6.26 Å². The summed E-state index contributed by atoms with van der Waals surface area (Å²) in [5, 5.41) is 11.9. The molecule has 0 bridgehead atoms. The van der Waals surface area contributed by atoms with Gasteiger partial charge in [0.1, 0.15) is 17.8 Å². The van der Waals surface area contributed by atoms with Crippen molar-refractivity contribution >= 4 is 11.9 Å². The molecule has 2 heterocycles. The van der Waals surface area contributed by atoms with Gasteiger partial charge in [0.05, 0.1) is 24.7 Å². The summed E-state index contributed by atoms with van der Waals surface area (Å²) in [5.41, 5.74) is -0.653. The highest BCUT2D eigenvalue weighted by molar-refractivity contribution is 5.67. The molecule has 11 atom stereocenters. The Morgan fingerprint density at radius 1 is 0.973 bits per heavy atom. The SMILES string of the molecule is CC(=O)O[C@H]1C[C@H](O)[C@@]2(C)[C@H](C[C@@H](OC(C)=O)[C@]3(C)[C@H]2CC[C@@]2(C)[C@@H](c4ccoc4)C[C@H]4O[C@@]432)C1(C)C. The van der Waals surface area contributed by atoms with Gasteiger partial charge in [0.25, 0.3) is 0 Å². The Bertz CT molecular complexity index is 1110. The van der Waals surface area contributed by atoms with Crippen molar-refractivity contribution in [1.29, 1.82) is 0 Å². The molecule has 204 valence electrons. The molecule has 6 rings (SSSR count). The molecule has 1 N–H and O–H groups in total. The van der Waals surface area contributed by atoms with Crippen LogP contribution in [0.25, 0.3) is 0 Å². The standard InChI is InChI=1S/C30H42O7/c1-16(31)35-23-14-22(33)28(6)20-8-10-27(5)19(18-9-11-34-15-18)12-25-30(27,37-25)29(20,7)24(36-17(2)32)13-21(28)26(23,3)4/h9,11,15,19-25,33H,8,10,12-14H2,1-7H3/t19-,20+,21-,22+,23+,24-,25-,27+,28-,29+,30-/m1/s1. The molecule has 37 heavy (non-hydrogen) atoms. The van der Waals surface area contributed by atoms with Crippen molar-refractivity contribution in [2.24, 2.45) is 33.5 Å². The van der Waals surface area contributed by atoms with Crippen LogP contribution in [0.15, 0.2) is 23.0 Å². The average molecular weight is 515 g/mol. The molecular weight excluding hydrogens is 472 g/mol. The Hall–Kier alpha value is -1.86. The van der Waals surface area contributed by atoms with Gasteiger partial charge in [-0.15, -0.1) is 0 Å². The summed E-state index contributed by atoms with van der Waals surface area (Å²) >= 11 is 0. The summed E-state index contributed by atoms with van der Waals surface area (Å²) in [6.07, 6.45) is 6.14. The fourth-order valence-electron chi connectivity index (χ4n) is 10.8. The molecule has 4 saturated carbocycles. The Morgan fingerprint density at radius 2 is 1.65 bits per heavy atom. The topological polar surface area (TPSA) is 98.5 Å². The van der Waals surface area contributed by atoms with Crippen molar-refractivity contribution in [3.05, 3.63) is 24.2 Å². The first-order valence-electron chi connectivity index (χ1n) is 14.0. The van der Waals surface area contributed by atoms with Crippen LogP contribution in [0, 0.1) is 33.5 Å². The predicted molar refractivity (Wildman–Crippen MR) is 134 cm³/mol. The van der Waals surface area contributed by atoms with Crippen LogP contribution in [-0.4, -0.2) is 47.1 Å². The molecule has 0 aromatic carbocycles. The van der Waals surface area contributed by atoms with Crippen molar-refractivity contribution in [1.82, 2.24) is 0 Å². The molecule has 0 unspecified atom stereocenters. The number of epoxide rings is 1. The van der Waals surface area contributed by atoms with E-state index >= 15 is 0 Å². The smallest absolute Gasteiger partial charge is 0.302 e. The fraction of sp³-hybridized carbons (Fsp3) is 0.800. The van der Waals surface area contributed by atoms with Gasteiger partial charge in [-0.3, -0.25) is 9.59 Å². The van der Waals surface area contributed by atoms with Crippen LogP contribution < -0.4 is 0 Å². The summed E-state index contributed by atoms with van der Waals surface area (Å²) in [7, 11) is 0. The van der Waals surface area contributed by atoms with Gasteiger partial charge >= 0.3 is 11.9 Å². The number of carbonyl (C=O) groups is 2. The van der Waals surface area contributed by atoms with E-state index in [0.717, 1.165) is 19.3 Å². The van der Waals surface area contributed by atoms with Gasteiger partial charge in [-0.05, 0) is 55.1 Å². The average Bonchev–Trinajstić information content (AvgIpc) is 3.16. The zero-order chi connectivity index (χ0) is 26.8. The fourth-order valence-corrected chi connectivity index (χ4v) is 10.8. The Labute approximate surface area is 219 Å². The molecule has 1 spiro atoms. The van der Waals surface area contributed by atoms with E-state index < -0.39 is 34.1 Å². The zero-order valence-corrected chi connectivity index (χ0v) is 23.2. The molecule has 1 aliphatic heterocycles. The molecule has 4 aliphatic carbocycles. The molecule has 7 heteroatoms. The molecule has 5 fully saturated rings. The number of hydrogen-bond acceptors (Lipinski definition) is 7. The second-order valence-corrected chi connectivity index (χ2v) is 13.9. The van der Waals surface area contributed by atoms with Crippen molar-refractivity contribution in [3.63, 3.8) is 0 Å². The van der Waals surface area contributed by atoms with Gasteiger partial charge in [0, 0.05) is 41.9 Å². The highest BCUT2D eigenvalue weighted by Crippen LogP contribution is 2.82. The van der Waals surface area contributed by atoms with Gasteiger partial charge in [-0.25, -0.2) is 0 Å². The normalized spacial score (nSPS) is 51.2. The number of aliphatic hydroxyl groups excluding tert-OH is 1. The number of esters is 2. The lowest BCUT2D eigenvalue weighted by atomic mass is 9.35. The summed E-state index contributed by atoms with van der Waals surface area (Å²) in [5.74, 6) is -0.225. The maximum absolute atomic E-state index is 12.6. The number of hydrogen-bond donors (Lipinski definition) is 1. The van der Waals surface area contributed by atoms with Crippen molar-refractivity contribution in [2.45, 2.75) is 117 Å². The Kier molecular flexibility index (Phi) is 5.24. The molecule has 1 aromatic rings. The second kappa shape index (κ2) is 7.62. The van der Waals surface area contributed by atoms with E-state index in [1.165, 1.54) is 19.4 Å². The van der Waals surface area contributed by atoms with E-state index in [1.54, 1.807) is 6.26 Å². The first-order chi connectivity index (χ1) is 17.2. The van der Waals surface area contributed by atoms with Crippen LogP contribution in [-0.2, 0) is 23.8 Å². The van der Waals surface area contributed by atoms with Gasteiger partial charge < -0.3 is 23.7 Å². The summed E-state index contributed by atoms with van der Waals surface area (Å²) in [6.45, 7) is 14.1. The monoisotopic (exact) mass is 514 g/mol. The van der Waals surface area contributed by atoms with Crippen LogP contribution in [0.4, 0.5) is 0 Å². The molecule has 5 aliphatic rings. The first kappa shape index (κ1) is 25.4. The third kappa shape index (κ3) is 2.91. The van der Waals surface area contributed by atoms with Crippen LogP contribution >= 0.6 is 0 Å². The van der Waals surface area contributed by atoms with E-state index in [-0.39, 0.29) is 41.4 Å². The quantitative estimate of drug-likeness (QED) is 0.447. The van der Waals surface area contributed by atoms with Crippen molar-refractivity contribution in [2.75, 3.05) is 0 Å². The first-order valence-corrected chi connectivity index (χ1v) is 14.0. The molecule has 7 nitrogen and oxygen atoms in total. The minimum atomic E-state index is -0.637. The molecule has 1 saturated heterocycles. The third-order valence-electron chi connectivity index (χ3n) is 12.3. The molecule has 0 amide bonds. The number of carbonyl (C=O) groups excluding carboxylic acids is 2. The van der Waals surface area contributed by atoms with Gasteiger partial charge in [-0.1, -0.05) is 34.6 Å². The van der Waals surface area contributed by atoms with Gasteiger partial charge in [0.15, 0.2) is 0 Å². The van der Waals surface area contributed by atoms with Crippen LogP contribution in [0.5, 0.6) is 0 Å². The number of fused-ring (bicyclic) bond motifs is 3. The van der Waals surface area contributed by atoms with Crippen molar-refractivity contribution in [3.8, 4) is 0 Å². The number of aliphatic hydroxyl groups is 1. The summed E-state index contributed by atoms with van der Waals surface area (Å²) in [4.78, 5) is 24.5. The minimum Gasteiger partial charge on any atom is -0.472 e. The van der Waals surface area contributed by atoms with Crippen LogP contribution in [0.2, 0.25) is 0 Å². The second-order valence-electron chi connectivity index (χ2n) is 13.9. The number of ether oxygens (including phenoxy) is 3. The van der Waals surface area contributed by atoms with Crippen LogP contribution in [0.1, 0.15) is 92.1 Å². The largest absolute Gasteiger partial charge is 0.472 e. The van der Waals surface area contributed by atoms with Crippen molar-refractivity contribution < 1.29 is 33.3 Å². The summed E-state index contributed by atoms with van der Waals surface area (Å²) < 4.78 is 24.3. The highest BCUT2D eigenvalue weighted by atomic mass is 16.6. The summed E-state index contributed by atoms with van der Waals surface area (Å²) in [6, 6.07) is 2.08. The number of rotatable bonds is 3. The maximum atomic E-state index is 12.6. The lowest BCUT2D eigenvalue weighted by Gasteiger charge is -2.70. The Morgan fingerprint density at radius 3 is 2.27 bits per heavy atom. The molecular formula is C30H42O7. The van der Waals surface area contributed by atoms with E-state index in [9.17, 15) is 14.7 Å². The van der Waals surface area contributed by atoms with Crippen LogP contribution in [0.3, 0.4) is 0 Å². The minimum absolute atomic E-state index is 0.000412. The zero-order valence-electron chi connectivity index (χ0n) is 23.2. The third-order valence-corrected chi connectivity index (χ3v) is 12.3. The lowest BCUT2D eigenvalue weighted by molar-refractivity contribution is -0.287. The lowest BCUT2D eigenvalue weighted by Crippen LogP contribution is -2.73. The van der Waals surface area contributed by atoms with Gasteiger partial charge in [-0.2, -0.15) is 0 Å². The van der Waals surface area contributed by atoms with E-state index in [2.05, 4.69) is 40.7 Å². The number of furan rings is 1. The maximum Gasteiger partial charge on any atom is 0.302 e. The highest BCUT2D eigenvalue weighted by Gasteiger charge is 2.87. The van der Waals surface area contributed by atoms with E-state index in [0.29, 0.717) is 18.8 Å². The predicted octanol–water partition coefficient (Wildman–Crippen LogP) is 5.01. The van der Waals surface area contributed by atoms with Gasteiger partial charge in [0.2, 0.25) is 0 Å². The Balaban J connectivity index is 1.48.